The molecule has 6 nitrogen and oxygen atoms in total. The predicted molar refractivity (Wildman–Crippen MR) is 81.0 cm³/mol. The molecule has 1 aromatic carbocycles. The molecule has 0 fully saturated rings. The number of aryl methyl sites for hydroxylation is 1. The Morgan fingerprint density at radius 1 is 1.12 bits per heavy atom. The molecule has 0 aliphatic carbocycles. The Balaban J connectivity index is 2.30. The summed E-state index contributed by atoms with van der Waals surface area (Å²) in [6, 6.07) is 6.54. The van der Waals surface area contributed by atoms with Crippen molar-refractivity contribution >= 4 is 11.0 Å². The van der Waals surface area contributed by atoms with Gasteiger partial charge in [0.15, 0.2) is 5.69 Å². The van der Waals surface area contributed by atoms with Gasteiger partial charge in [0.1, 0.15) is 11.0 Å². The lowest BCUT2D eigenvalue weighted by atomic mass is 10.1. The number of benzene rings is 1. The summed E-state index contributed by atoms with van der Waals surface area (Å²) < 4.78 is 40.6. The molecule has 2 N–H and O–H groups in total. The van der Waals surface area contributed by atoms with Crippen LogP contribution >= 0.6 is 0 Å². The molecular formula is C15H13F3N4O2. The number of hydrogen-bond donors (Lipinski definition) is 2. The maximum absolute atomic E-state index is 13.2. The van der Waals surface area contributed by atoms with E-state index in [1.165, 1.54) is 0 Å². The van der Waals surface area contributed by atoms with Gasteiger partial charge in [-0.1, -0.05) is 29.8 Å². The first-order chi connectivity index (χ1) is 11.2. The minimum absolute atomic E-state index is 0.260. The molecule has 126 valence electrons. The van der Waals surface area contributed by atoms with Crippen LogP contribution in [-0.4, -0.2) is 19.7 Å². The molecule has 0 bridgehead atoms. The Kier molecular flexibility index (Phi) is 3.58. The number of nitrogens with zero attached hydrogens (tertiary/aromatic N) is 2. The average molecular weight is 338 g/mol. The fourth-order valence-corrected chi connectivity index (χ4v) is 2.54. The molecule has 1 unspecified atom stereocenters. The second-order valence-corrected chi connectivity index (χ2v) is 5.51. The minimum atomic E-state index is -4.82. The molecule has 9 heteroatoms. The van der Waals surface area contributed by atoms with E-state index in [2.05, 4.69) is 10.1 Å². The van der Waals surface area contributed by atoms with E-state index in [1.807, 2.05) is 19.1 Å². The maximum atomic E-state index is 13.2. The van der Waals surface area contributed by atoms with Gasteiger partial charge in [-0.2, -0.15) is 18.3 Å². The normalized spacial score (nSPS) is 13.4. The fourth-order valence-electron chi connectivity index (χ4n) is 2.54. The van der Waals surface area contributed by atoms with Crippen molar-refractivity contribution in [1.82, 2.24) is 19.7 Å². The summed E-state index contributed by atoms with van der Waals surface area (Å²) >= 11 is 0. The van der Waals surface area contributed by atoms with E-state index in [1.54, 1.807) is 24.0 Å². The number of fused-ring (bicyclic) bond motifs is 1. The Labute approximate surface area is 132 Å². The monoisotopic (exact) mass is 338 g/mol. The van der Waals surface area contributed by atoms with Gasteiger partial charge < -0.3 is 0 Å². The summed E-state index contributed by atoms with van der Waals surface area (Å²) in [5.74, 6) is 0. The molecule has 24 heavy (non-hydrogen) atoms. The highest BCUT2D eigenvalue weighted by Crippen LogP contribution is 2.33. The largest absolute Gasteiger partial charge is 0.436 e. The lowest BCUT2D eigenvalue weighted by Gasteiger charge is -2.14. The second kappa shape index (κ2) is 5.36. The quantitative estimate of drug-likeness (QED) is 0.752. The summed E-state index contributed by atoms with van der Waals surface area (Å²) in [5.41, 5.74) is -1.91. The molecule has 3 rings (SSSR count). The van der Waals surface area contributed by atoms with E-state index in [9.17, 15) is 22.8 Å². The summed E-state index contributed by atoms with van der Waals surface area (Å²) in [5, 5.41) is 2.88. The van der Waals surface area contributed by atoms with Crippen molar-refractivity contribution in [1.29, 1.82) is 0 Å². The molecule has 2 heterocycles. The van der Waals surface area contributed by atoms with Crippen LogP contribution in [0.3, 0.4) is 0 Å². The third-order valence-electron chi connectivity index (χ3n) is 3.79. The van der Waals surface area contributed by atoms with Gasteiger partial charge in [0.05, 0.1) is 6.04 Å². The van der Waals surface area contributed by atoms with Gasteiger partial charge in [0.2, 0.25) is 0 Å². The number of rotatable bonds is 2. The van der Waals surface area contributed by atoms with Gasteiger partial charge in [-0.3, -0.25) is 14.8 Å². The Hall–Kier alpha value is -2.84. The van der Waals surface area contributed by atoms with Crippen LogP contribution in [0.15, 0.2) is 33.9 Å². The molecule has 0 amide bonds. The Bertz CT molecular complexity index is 1010. The number of hydrogen-bond acceptors (Lipinski definition) is 3. The standard InChI is InChI=1S/C15H13F3N4O2/c1-7-3-5-9(6-4-7)8(2)22-12-10(11(21-22)15(16,17)18)13(23)20-14(24)19-12/h3-6,8H,1-2H3,(H2,19,20,23,24). The van der Waals surface area contributed by atoms with Crippen LogP contribution < -0.4 is 11.2 Å². The average Bonchev–Trinajstić information content (AvgIpc) is 2.87. The molecule has 0 saturated carbocycles. The SMILES string of the molecule is Cc1ccc(C(C)n2nc(C(F)(F)F)c3c(=O)[nH]c(=O)[nH]c32)cc1. The van der Waals surface area contributed by atoms with Crippen molar-refractivity contribution in [3.63, 3.8) is 0 Å². The summed E-state index contributed by atoms with van der Waals surface area (Å²) in [6.07, 6.45) is -4.82. The topological polar surface area (TPSA) is 83.5 Å². The third kappa shape index (κ3) is 2.61. The summed E-state index contributed by atoms with van der Waals surface area (Å²) in [7, 11) is 0. The Morgan fingerprint density at radius 2 is 1.75 bits per heavy atom. The van der Waals surface area contributed by atoms with E-state index >= 15 is 0 Å². The van der Waals surface area contributed by atoms with Gasteiger partial charge in [0.25, 0.3) is 5.56 Å². The van der Waals surface area contributed by atoms with Crippen LogP contribution in [0.4, 0.5) is 13.2 Å². The predicted octanol–water partition coefficient (Wildman–Crippen LogP) is 2.35. The van der Waals surface area contributed by atoms with Crippen LogP contribution in [0.2, 0.25) is 0 Å². The molecule has 0 saturated heterocycles. The van der Waals surface area contributed by atoms with Crippen molar-refractivity contribution in [2.45, 2.75) is 26.1 Å². The van der Waals surface area contributed by atoms with Crippen LogP contribution in [-0.2, 0) is 6.18 Å². The van der Waals surface area contributed by atoms with Gasteiger partial charge >= 0.3 is 11.9 Å². The third-order valence-corrected chi connectivity index (χ3v) is 3.79. The van der Waals surface area contributed by atoms with E-state index in [-0.39, 0.29) is 5.65 Å². The van der Waals surface area contributed by atoms with E-state index < -0.39 is 34.5 Å². The molecule has 2 aromatic heterocycles. The first-order valence-electron chi connectivity index (χ1n) is 7.07. The lowest BCUT2D eigenvalue weighted by molar-refractivity contribution is -0.140. The van der Waals surface area contributed by atoms with Gasteiger partial charge in [0, 0.05) is 0 Å². The van der Waals surface area contributed by atoms with Gasteiger partial charge in [-0.15, -0.1) is 0 Å². The molecule has 0 aliphatic rings. The zero-order valence-electron chi connectivity index (χ0n) is 12.7. The van der Waals surface area contributed by atoms with Crippen molar-refractivity contribution in [3.05, 3.63) is 61.9 Å². The molecule has 0 radical (unpaired) electrons. The molecule has 3 aromatic rings. The van der Waals surface area contributed by atoms with E-state index in [0.717, 1.165) is 10.2 Å². The van der Waals surface area contributed by atoms with Crippen molar-refractivity contribution in [2.75, 3.05) is 0 Å². The number of aromatic amines is 2. The highest BCUT2D eigenvalue weighted by molar-refractivity contribution is 5.77. The van der Waals surface area contributed by atoms with E-state index in [4.69, 9.17) is 0 Å². The Morgan fingerprint density at radius 3 is 2.33 bits per heavy atom. The summed E-state index contributed by atoms with van der Waals surface area (Å²) in [4.78, 5) is 27.4. The first-order valence-corrected chi connectivity index (χ1v) is 7.07. The number of aromatic nitrogens is 4. The van der Waals surface area contributed by atoms with Crippen molar-refractivity contribution < 1.29 is 13.2 Å². The van der Waals surface area contributed by atoms with Gasteiger partial charge in [-0.25, -0.2) is 9.48 Å². The fraction of sp³-hybridized carbons (Fsp3) is 0.267. The smallest absolute Gasteiger partial charge is 0.291 e. The lowest BCUT2D eigenvalue weighted by Crippen LogP contribution is -2.24. The molecule has 1 atom stereocenters. The van der Waals surface area contributed by atoms with Crippen LogP contribution in [0.5, 0.6) is 0 Å². The molecular weight excluding hydrogens is 325 g/mol. The van der Waals surface area contributed by atoms with Crippen LogP contribution in [0, 0.1) is 6.92 Å². The van der Waals surface area contributed by atoms with Crippen LogP contribution in [0.1, 0.15) is 29.8 Å². The number of H-pyrrole nitrogens is 2. The number of nitrogens with one attached hydrogen (secondary N) is 2. The molecule has 0 spiro atoms. The zero-order chi connectivity index (χ0) is 17.6. The van der Waals surface area contributed by atoms with E-state index in [0.29, 0.717) is 5.56 Å². The van der Waals surface area contributed by atoms with Gasteiger partial charge in [-0.05, 0) is 19.4 Å². The molecule has 0 aliphatic heterocycles. The van der Waals surface area contributed by atoms with Crippen LogP contribution in [0.25, 0.3) is 11.0 Å². The maximum Gasteiger partial charge on any atom is 0.436 e. The highest BCUT2D eigenvalue weighted by Gasteiger charge is 2.39. The van der Waals surface area contributed by atoms with Crippen molar-refractivity contribution in [2.24, 2.45) is 0 Å². The second-order valence-electron chi connectivity index (χ2n) is 5.51. The minimum Gasteiger partial charge on any atom is -0.291 e. The van der Waals surface area contributed by atoms with Crippen molar-refractivity contribution in [3.8, 4) is 0 Å². The number of halogens is 3. The number of alkyl halides is 3. The summed E-state index contributed by atoms with van der Waals surface area (Å²) in [6.45, 7) is 3.52. The highest BCUT2D eigenvalue weighted by atomic mass is 19.4. The first kappa shape index (κ1) is 16.0. The zero-order valence-corrected chi connectivity index (χ0v) is 12.7.